The van der Waals surface area contributed by atoms with E-state index in [1.54, 1.807) is 6.20 Å². The van der Waals surface area contributed by atoms with Crippen molar-refractivity contribution in [1.82, 2.24) is 4.98 Å². The molecule has 1 aromatic heterocycles. The van der Waals surface area contributed by atoms with Crippen molar-refractivity contribution in [3.05, 3.63) is 29.8 Å². The first-order valence-corrected chi connectivity index (χ1v) is 5.43. The predicted octanol–water partition coefficient (Wildman–Crippen LogP) is 2.85. The molecule has 82 valence electrons. The van der Waals surface area contributed by atoms with Crippen molar-refractivity contribution >= 4 is 11.6 Å². The van der Waals surface area contributed by atoms with E-state index in [0.29, 0.717) is 13.0 Å². The van der Waals surface area contributed by atoms with Crippen LogP contribution in [-0.4, -0.2) is 17.0 Å². The summed E-state index contributed by atoms with van der Waals surface area (Å²) in [4.78, 5) is 3.83. The molecule has 1 saturated heterocycles. The van der Waals surface area contributed by atoms with Gasteiger partial charge >= 0.3 is 0 Å². The molecule has 2 rings (SSSR count). The lowest BCUT2D eigenvalue weighted by Crippen LogP contribution is -2.35. The number of hydrogen-bond donors (Lipinski definition) is 0. The van der Waals surface area contributed by atoms with Crippen LogP contribution in [0.5, 0.6) is 0 Å². The molecule has 2 nitrogen and oxygen atoms in total. The lowest BCUT2D eigenvalue weighted by Gasteiger charge is -2.36. The average molecular weight is 230 g/mol. The van der Waals surface area contributed by atoms with Crippen LogP contribution in [0.3, 0.4) is 0 Å². The number of ether oxygens (including phenoxy) is 1. The second kappa shape index (κ2) is 4.06. The highest BCUT2D eigenvalue weighted by Crippen LogP contribution is 2.36. The molecule has 4 heteroatoms. The largest absolute Gasteiger partial charge is 0.370 e. The third-order valence-corrected chi connectivity index (χ3v) is 3.15. The maximum Gasteiger partial charge on any atom is 0.141 e. The minimum atomic E-state index is -0.500. The SMILES string of the molecule is CC1(c2cncc(F)c2)CC(Cl)CCO1. The van der Waals surface area contributed by atoms with Crippen LogP contribution in [0, 0.1) is 5.82 Å². The summed E-state index contributed by atoms with van der Waals surface area (Å²) in [5, 5.41) is 0.0898. The maximum atomic E-state index is 13.0. The van der Waals surface area contributed by atoms with Crippen LogP contribution in [0.4, 0.5) is 4.39 Å². The van der Waals surface area contributed by atoms with E-state index in [0.717, 1.165) is 12.0 Å². The first-order valence-electron chi connectivity index (χ1n) is 4.99. The number of hydrogen-bond acceptors (Lipinski definition) is 2. The lowest BCUT2D eigenvalue weighted by atomic mass is 9.89. The fourth-order valence-corrected chi connectivity index (χ4v) is 2.28. The van der Waals surface area contributed by atoms with Crippen LogP contribution in [0.25, 0.3) is 0 Å². The molecule has 2 atom stereocenters. The summed E-state index contributed by atoms with van der Waals surface area (Å²) in [6, 6.07) is 1.46. The Morgan fingerprint density at radius 3 is 3.07 bits per heavy atom. The van der Waals surface area contributed by atoms with E-state index in [2.05, 4.69) is 4.98 Å². The van der Waals surface area contributed by atoms with Crippen molar-refractivity contribution in [2.75, 3.05) is 6.61 Å². The zero-order valence-corrected chi connectivity index (χ0v) is 9.30. The summed E-state index contributed by atoms with van der Waals surface area (Å²) in [6.07, 6.45) is 4.37. The first-order chi connectivity index (χ1) is 7.10. The Bertz CT molecular complexity index is 360. The van der Waals surface area contributed by atoms with E-state index < -0.39 is 5.60 Å². The third-order valence-electron chi connectivity index (χ3n) is 2.78. The van der Waals surface area contributed by atoms with Gasteiger partial charge in [-0.3, -0.25) is 4.98 Å². The van der Waals surface area contributed by atoms with Crippen molar-refractivity contribution in [2.45, 2.75) is 30.7 Å². The van der Waals surface area contributed by atoms with Gasteiger partial charge in [-0.2, -0.15) is 0 Å². The van der Waals surface area contributed by atoms with Crippen molar-refractivity contribution < 1.29 is 9.13 Å². The lowest BCUT2D eigenvalue weighted by molar-refractivity contribution is -0.0687. The highest BCUT2D eigenvalue weighted by Gasteiger charge is 2.34. The molecule has 0 saturated carbocycles. The van der Waals surface area contributed by atoms with E-state index in [1.807, 2.05) is 6.92 Å². The fourth-order valence-electron chi connectivity index (χ4n) is 1.90. The van der Waals surface area contributed by atoms with Crippen LogP contribution in [0.1, 0.15) is 25.3 Å². The van der Waals surface area contributed by atoms with Crippen LogP contribution >= 0.6 is 11.6 Å². The monoisotopic (exact) mass is 229 g/mol. The molecule has 0 aliphatic carbocycles. The topological polar surface area (TPSA) is 22.1 Å². The number of pyridine rings is 1. The Morgan fingerprint density at radius 2 is 2.40 bits per heavy atom. The molecule has 0 N–H and O–H groups in total. The van der Waals surface area contributed by atoms with Gasteiger partial charge in [0.05, 0.1) is 11.8 Å². The molecule has 1 aromatic rings. The zero-order chi connectivity index (χ0) is 10.9. The van der Waals surface area contributed by atoms with Gasteiger partial charge < -0.3 is 4.74 Å². The minimum absolute atomic E-state index is 0.0898. The van der Waals surface area contributed by atoms with Crippen LogP contribution in [0.15, 0.2) is 18.5 Å². The van der Waals surface area contributed by atoms with Crippen LogP contribution in [0.2, 0.25) is 0 Å². The number of nitrogens with zero attached hydrogens (tertiary/aromatic N) is 1. The summed E-state index contributed by atoms with van der Waals surface area (Å²) >= 11 is 6.10. The van der Waals surface area contributed by atoms with E-state index in [-0.39, 0.29) is 11.2 Å². The van der Waals surface area contributed by atoms with Gasteiger partial charge in [-0.05, 0) is 25.8 Å². The number of halogens is 2. The number of rotatable bonds is 1. The molecule has 0 bridgehead atoms. The molecule has 1 aliphatic rings. The highest BCUT2D eigenvalue weighted by atomic mass is 35.5. The van der Waals surface area contributed by atoms with Crippen molar-refractivity contribution in [3.63, 3.8) is 0 Å². The minimum Gasteiger partial charge on any atom is -0.370 e. The van der Waals surface area contributed by atoms with Gasteiger partial charge in [0.15, 0.2) is 0 Å². The van der Waals surface area contributed by atoms with E-state index in [4.69, 9.17) is 16.3 Å². The van der Waals surface area contributed by atoms with E-state index in [1.165, 1.54) is 12.3 Å². The Kier molecular flexibility index (Phi) is 2.94. The second-order valence-corrected chi connectivity index (χ2v) is 4.68. The standard InChI is InChI=1S/C11H13ClFNO/c1-11(5-9(12)2-3-15-11)8-4-10(13)7-14-6-8/h4,6-7,9H,2-3,5H2,1H3. The molecule has 2 unspecified atom stereocenters. The Labute approximate surface area is 93.4 Å². The molecular formula is C11H13ClFNO. The normalized spacial score (nSPS) is 31.5. The molecule has 15 heavy (non-hydrogen) atoms. The fraction of sp³-hybridized carbons (Fsp3) is 0.545. The van der Waals surface area contributed by atoms with Gasteiger partial charge in [0, 0.05) is 23.7 Å². The molecule has 0 amide bonds. The second-order valence-electron chi connectivity index (χ2n) is 4.06. The summed E-state index contributed by atoms with van der Waals surface area (Å²) in [5.41, 5.74) is 0.257. The summed E-state index contributed by atoms with van der Waals surface area (Å²) in [6.45, 7) is 2.54. The van der Waals surface area contributed by atoms with Crippen molar-refractivity contribution in [2.24, 2.45) is 0 Å². The Balaban J connectivity index is 2.28. The van der Waals surface area contributed by atoms with Gasteiger partial charge in [-0.1, -0.05) is 0 Å². The molecule has 1 fully saturated rings. The predicted molar refractivity (Wildman–Crippen MR) is 56.4 cm³/mol. The average Bonchev–Trinajstić information content (AvgIpc) is 2.17. The highest BCUT2D eigenvalue weighted by molar-refractivity contribution is 6.20. The quantitative estimate of drug-likeness (QED) is 0.691. The smallest absolute Gasteiger partial charge is 0.141 e. The molecule has 1 aliphatic heterocycles. The van der Waals surface area contributed by atoms with E-state index >= 15 is 0 Å². The Hall–Kier alpha value is -0.670. The summed E-state index contributed by atoms with van der Waals surface area (Å²) in [7, 11) is 0. The summed E-state index contributed by atoms with van der Waals surface area (Å²) < 4.78 is 18.7. The third kappa shape index (κ3) is 2.29. The summed E-state index contributed by atoms with van der Waals surface area (Å²) in [5.74, 6) is -0.339. The van der Waals surface area contributed by atoms with Gasteiger partial charge in [0.1, 0.15) is 5.82 Å². The van der Waals surface area contributed by atoms with Crippen molar-refractivity contribution in [3.8, 4) is 0 Å². The molecular weight excluding hydrogens is 217 g/mol. The number of alkyl halides is 1. The first kappa shape index (κ1) is 10.8. The number of aromatic nitrogens is 1. The van der Waals surface area contributed by atoms with E-state index in [9.17, 15) is 4.39 Å². The van der Waals surface area contributed by atoms with Crippen LogP contribution in [-0.2, 0) is 10.3 Å². The van der Waals surface area contributed by atoms with Crippen LogP contribution < -0.4 is 0 Å². The molecule has 0 radical (unpaired) electrons. The molecule has 0 aromatic carbocycles. The maximum absolute atomic E-state index is 13.0. The zero-order valence-electron chi connectivity index (χ0n) is 8.54. The van der Waals surface area contributed by atoms with Gasteiger partial charge in [-0.15, -0.1) is 11.6 Å². The Morgan fingerprint density at radius 1 is 1.60 bits per heavy atom. The van der Waals surface area contributed by atoms with Crippen molar-refractivity contribution in [1.29, 1.82) is 0 Å². The van der Waals surface area contributed by atoms with Gasteiger partial charge in [-0.25, -0.2) is 4.39 Å². The van der Waals surface area contributed by atoms with Gasteiger partial charge in [0.25, 0.3) is 0 Å². The van der Waals surface area contributed by atoms with Gasteiger partial charge in [0.2, 0.25) is 0 Å². The molecule has 0 spiro atoms. The molecule has 2 heterocycles.